The number of aromatic nitrogens is 2. The fourth-order valence-electron chi connectivity index (χ4n) is 5.57. The Morgan fingerprint density at radius 2 is 1.81 bits per heavy atom. The number of benzene rings is 2. The maximum absolute atomic E-state index is 13.3. The molecule has 0 spiro atoms. The van der Waals surface area contributed by atoms with Crippen LogP contribution in [-0.2, 0) is 35.5 Å². The number of halogens is 1. The molecule has 0 unspecified atom stereocenters. The Morgan fingerprint density at radius 3 is 2.61 bits per heavy atom. The van der Waals surface area contributed by atoms with Gasteiger partial charge < -0.3 is 19.5 Å². The van der Waals surface area contributed by atoms with Gasteiger partial charge >= 0.3 is 0 Å². The second kappa shape index (κ2) is 9.50. The summed E-state index contributed by atoms with van der Waals surface area (Å²) >= 11 is 0. The number of likely N-dealkylation sites (tertiary alicyclic amines) is 1. The molecule has 3 heterocycles. The number of carbonyl (C=O) groups is 2. The molecule has 2 aromatic carbocycles. The first kappa shape index (κ1) is 22.9. The van der Waals surface area contributed by atoms with E-state index < -0.39 is 0 Å². The fraction of sp³-hybridized carbons (Fsp3) is 0.393. The van der Waals surface area contributed by atoms with Gasteiger partial charge in [-0.2, -0.15) is 0 Å². The zero-order valence-electron chi connectivity index (χ0n) is 20.1. The summed E-state index contributed by atoms with van der Waals surface area (Å²) < 4.78 is 21.2. The van der Waals surface area contributed by atoms with Gasteiger partial charge in [0.05, 0.1) is 25.2 Å². The predicted octanol–water partition coefficient (Wildman–Crippen LogP) is 4.27. The second-order valence-corrected chi connectivity index (χ2v) is 9.94. The lowest BCUT2D eigenvalue weighted by Gasteiger charge is -2.31. The molecule has 7 nitrogen and oxygen atoms in total. The first-order valence-corrected chi connectivity index (χ1v) is 12.7. The molecular formula is C28H29FN4O3. The zero-order valence-corrected chi connectivity index (χ0v) is 20.1. The topological polar surface area (TPSA) is 76.5 Å². The third kappa shape index (κ3) is 4.41. The number of fused-ring (bicyclic) bond motifs is 2. The van der Waals surface area contributed by atoms with Crippen molar-refractivity contribution in [3.05, 3.63) is 82.7 Å². The summed E-state index contributed by atoms with van der Waals surface area (Å²) in [6, 6.07) is 12.5. The Kier molecular flexibility index (Phi) is 6.05. The van der Waals surface area contributed by atoms with Crippen LogP contribution < -0.4 is 5.32 Å². The Balaban J connectivity index is 1.05. The van der Waals surface area contributed by atoms with Gasteiger partial charge in [-0.05, 0) is 73.1 Å². The highest BCUT2D eigenvalue weighted by molar-refractivity contribution is 5.95. The summed E-state index contributed by atoms with van der Waals surface area (Å²) in [6.45, 7) is 1.83. The molecule has 0 bridgehead atoms. The minimum atomic E-state index is -0.282. The molecule has 1 N–H and O–H groups in total. The highest BCUT2D eigenvalue weighted by Crippen LogP contribution is 2.30. The minimum absolute atomic E-state index is 0.0275. The van der Waals surface area contributed by atoms with E-state index in [1.54, 1.807) is 23.4 Å². The lowest BCUT2D eigenvalue weighted by molar-refractivity contribution is -0.121. The molecule has 0 saturated carbocycles. The number of hydrogen-bond acceptors (Lipinski definition) is 4. The summed E-state index contributed by atoms with van der Waals surface area (Å²) in [4.78, 5) is 32.3. The number of ether oxygens (including phenoxy) is 1. The van der Waals surface area contributed by atoms with Crippen molar-refractivity contribution in [3.8, 4) is 0 Å². The van der Waals surface area contributed by atoms with E-state index in [2.05, 4.69) is 22.4 Å². The van der Waals surface area contributed by atoms with Gasteiger partial charge in [-0.1, -0.05) is 18.2 Å². The lowest BCUT2D eigenvalue weighted by Crippen LogP contribution is -2.42. The number of nitrogens with zero attached hydrogens (tertiary/aromatic N) is 3. The average molecular weight is 489 g/mol. The Hall–Kier alpha value is -3.52. The Morgan fingerprint density at radius 1 is 1.03 bits per heavy atom. The van der Waals surface area contributed by atoms with Crippen LogP contribution in [0.4, 0.5) is 10.1 Å². The fourth-order valence-corrected chi connectivity index (χ4v) is 5.57. The van der Waals surface area contributed by atoms with Gasteiger partial charge in [-0.3, -0.25) is 9.59 Å². The maximum Gasteiger partial charge on any atom is 0.274 e. The van der Waals surface area contributed by atoms with Gasteiger partial charge in [0, 0.05) is 24.7 Å². The lowest BCUT2D eigenvalue weighted by atomic mass is 9.95. The number of imidazole rings is 1. The van der Waals surface area contributed by atoms with E-state index in [1.807, 2.05) is 10.6 Å². The first-order chi connectivity index (χ1) is 17.5. The zero-order chi connectivity index (χ0) is 24.6. The monoisotopic (exact) mass is 488 g/mol. The number of aryl methyl sites for hydroxylation is 2. The summed E-state index contributed by atoms with van der Waals surface area (Å²) in [5.41, 5.74) is 5.65. The molecule has 1 aromatic heterocycles. The van der Waals surface area contributed by atoms with Crippen LogP contribution >= 0.6 is 0 Å². The number of piperidine rings is 1. The summed E-state index contributed by atoms with van der Waals surface area (Å²) in [5, 5.41) is 3.08. The molecule has 6 rings (SSSR count). The number of amides is 2. The van der Waals surface area contributed by atoms with Crippen molar-refractivity contribution in [1.82, 2.24) is 14.5 Å². The van der Waals surface area contributed by atoms with Gasteiger partial charge in [0.15, 0.2) is 5.69 Å². The van der Waals surface area contributed by atoms with Gasteiger partial charge in [0.2, 0.25) is 5.91 Å². The van der Waals surface area contributed by atoms with Crippen molar-refractivity contribution in [2.24, 2.45) is 5.92 Å². The molecule has 2 amide bonds. The third-order valence-corrected chi connectivity index (χ3v) is 7.69. The van der Waals surface area contributed by atoms with Crippen LogP contribution in [0.25, 0.3) is 0 Å². The number of nitrogens with one attached hydrogen (secondary N) is 1. The minimum Gasteiger partial charge on any atom is -0.365 e. The van der Waals surface area contributed by atoms with Crippen LogP contribution in [0.5, 0.6) is 0 Å². The number of carbonyl (C=O) groups excluding carboxylic acids is 2. The molecule has 1 aliphatic carbocycles. The van der Waals surface area contributed by atoms with E-state index in [0.717, 1.165) is 29.8 Å². The second-order valence-electron chi connectivity index (χ2n) is 9.94. The van der Waals surface area contributed by atoms with Crippen LogP contribution in [0, 0.1) is 11.7 Å². The van der Waals surface area contributed by atoms with Crippen LogP contribution in [0.2, 0.25) is 0 Å². The predicted molar refractivity (Wildman–Crippen MR) is 132 cm³/mol. The van der Waals surface area contributed by atoms with Crippen molar-refractivity contribution in [3.63, 3.8) is 0 Å². The van der Waals surface area contributed by atoms with Crippen molar-refractivity contribution in [2.45, 2.75) is 51.4 Å². The van der Waals surface area contributed by atoms with Gasteiger partial charge in [0.25, 0.3) is 5.91 Å². The van der Waals surface area contributed by atoms with E-state index in [4.69, 9.17) is 4.74 Å². The number of rotatable bonds is 4. The molecule has 1 fully saturated rings. The summed E-state index contributed by atoms with van der Waals surface area (Å²) in [7, 11) is 0. The molecule has 2 aliphatic heterocycles. The van der Waals surface area contributed by atoms with Crippen molar-refractivity contribution < 1.29 is 18.7 Å². The van der Waals surface area contributed by atoms with E-state index in [-0.39, 0.29) is 36.3 Å². The van der Waals surface area contributed by atoms with Crippen molar-refractivity contribution >= 4 is 17.5 Å². The first-order valence-electron chi connectivity index (χ1n) is 12.7. The summed E-state index contributed by atoms with van der Waals surface area (Å²) in [6.07, 6.45) is 6.10. The molecule has 3 aromatic rings. The molecule has 8 heteroatoms. The largest absolute Gasteiger partial charge is 0.365 e. The van der Waals surface area contributed by atoms with Gasteiger partial charge in [0.1, 0.15) is 11.9 Å². The quantitative estimate of drug-likeness (QED) is 0.595. The van der Waals surface area contributed by atoms with Crippen molar-refractivity contribution in [1.29, 1.82) is 0 Å². The van der Waals surface area contributed by atoms with Crippen LogP contribution in [-0.4, -0.2) is 39.4 Å². The summed E-state index contributed by atoms with van der Waals surface area (Å²) in [5.74, 6) is -0.488. The SMILES string of the molecule is O=C(Nc1ccc2c(c1)CCC2)C1CCN(C(=O)c2ncn3c2CO[C@H](c2ccc(F)cc2)C3)CC1. The standard InChI is InChI=1S/C28H29FN4O3/c29-22-7-4-19(5-8-22)25-15-33-17-30-26(24(33)16-36-25)28(35)32-12-10-20(11-13-32)27(34)31-23-9-6-18-2-1-3-21(18)14-23/h4-9,14,17,20,25H,1-3,10-13,15-16H2,(H,31,34)/t25-/m0/s1. The normalized spacial score (nSPS) is 19.6. The molecule has 3 aliphatic rings. The molecule has 36 heavy (non-hydrogen) atoms. The Bertz CT molecular complexity index is 1290. The highest BCUT2D eigenvalue weighted by atomic mass is 19.1. The van der Waals surface area contributed by atoms with E-state index in [0.29, 0.717) is 38.2 Å². The molecule has 1 saturated heterocycles. The highest BCUT2D eigenvalue weighted by Gasteiger charge is 2.32. The van der Waals surface area contributed by atoms with Crippen LogP contribution in [0.1, 0.15) is 58.2 Å². The van der Waals surface area contributed by atoms with E-state index in [9.17, 15) is 14.0 Å². The maximum atomic E-state index is 13.3. The Labute approximate surface area is 209 Å². The van der Waals surface area contributed by atoms with Crippen molar-refractivity contribution in [2.75, 3.05) is 18.4 Å². The molecule has 186 valence electrons. The van der Waals surface area contributed by atoms with E-state index in [1.165, 1.54) is 29.7 Å². The van der Waals surface area contributed by atoms with Crippen LogP contribution in [0.3, 0.4) is 0 Å². The van der Waals surface area contributed by atoms with Crippen LogP contribution in [0.15, 0.2) is 48.8 Å². The number of anilines is 1. The van der Waals surface area contributed by atoms with Gasteiger partial charge in [-0.15, -0.1) is 0 Å². The molecule has 1 atom stereocenters. The van der Waals surface area contributed by atoms with Gasteiger partial charge in [-0.25, -0.2) is 9.37 Å². The smallest absolute Gasteiger partial charge is 0.274 e. The molecule has 0 radical (unpaired) electrons. The average Bonchev–Trinajstić information content (AvgIpc) is 3.55. The third-order valence-electron chi connectivity index (χ3n) is 7.69. The van der Waals surface area contributed by atoms with E-state index >= 15 is 0 Å². The molecular weight excluding hydrogens is 459 g/mol. The number of hydrogen-bond donors (Lipinski definition) is 1.